The predicted octanol–water partition coefficient (Wildman–Crippen LogP) is 2.09. The van der Waals surface area contributed by atoms with E-state index in [1.165, 1.54) is 12.1 Å². The van der Waals surface area contributed by atoms with E-state index in [0.717, 1.165) is 31.8 Å². The number of aliphatic imine (C=N–C) groups is 1. The number of benzene rings is 1. The monoisotopic (exact) mass is 421 g/mol. The first-order valence-electron chi connectivity index (χ1n) is 10.8. The van der Waals surface area contributed by atoms with Crippen LogP contribution in [0.3, 0.4) is 0 Å². The van der Waals surface area contributed by atoms with Crippen molar-refractivity contribution < 1.29 is 13.9 Å². The molecule has 0 saturated carbocycles. The predicted molar refractivity (Wildman–Crippen MR) is 119 cm³/mol. The molecule has 1 heterocycles. The second kappa shape index (κ2) is 13.1. The summed E-state index contributed by atoms with van der Waals surface area (Å²) in [6.45, 7) is 9.84. The number of halogens is 1. The maximum absolute atomic E-state index is 13.1. The molecule has 0 atom stereocenters. The molecule has 30 heavy (non-hydrogen) atoms. The van der Waals surface area contributed by atoms with Gasteiger partial charge in [-0.15, -0.1) is 0 Å². The second-order valence-electron chi connectivity index (χ2n) is 7.81. The first-order chi connectivity index (χ1) is 14.5. The number of hydrogen-bond donors (Lipinski definition) is 2. The van der Waals surface area contributed by atoms with E-state index in [0.29, 0.717) is 51.1 Å². The maximum atomic E-state index is 13.1. The zero-order valence-corrected chi connectivity index (χ0v) is 18.5. The fourth-order valence-corrected chi connectivity index (χ4v) is 3.20. The molecule has 1 aliphatic heterocycles. The first kappa shape index (κ1) is 23.9. The maximum Gasteiger partial charge on any atom is 0.224 e. The summed E-state index contributed by atoms with van der Waals surface area (Å²) in [5.41, 5.74) is 0.994. The summed E-state index contributed by atoms with van der Waals surface area (Å²) in [5, 5.41) is 6.37. The summed E-state index contributed by atoms with van der Waals surface area (Å²) in [7, 11) is 1.71. The van der Waals surface area contributed by atoms with Crippen molar-refractivity contribution in [2.45, 2.75) is 26.7 Å². The molecule has 1 aliphatic rings. The van der Waals surface area contributed by atoms with Gasteiger partial charge in [-0.3, -0.25) is 9.79 Å². The van der Waals surface area contributed by atoms with E-state index in [1.807, 2.05) is 4.90 Å². The van der Waals surface area contributed by atoms with Gasteiger partial charge in [0.1, 0.15) is 5.82 Å². The normalized spacial score (nSPS) is 14.9. The zero-order valence-electron chi connectivity index (χ0n) is 18.5. The standard InChI is InChI=1S/C22H36FN5O2/c1-18(2)9-16-30-17-11-26-22(24-3)25-10-8-21(29)28-14-12-27(13-15-28)20-6-4-19(23)5-7-20/h4-7,18H,8-17H2,1-3H3,(H2,24,25,26). The van der Waals surface area contributed by atoms with E-state index in [4.69, 9.17) is 4.74 Å². The second-order valence-corrected chi connectivity index (χ2v) is 7.81. The zero-order chi connectivity index (χ0) is 21.8. The number of nitrogens with zero attached hydrogens (tertiary/aromatic N) is 3. The summed E-state index contributed by atoms with van der Waals surface area (Å²) in [5.74, 6) is 1.23. The van der Waals surface area contributed by atoms with Gasteiger partial charge in [0.2, 0.25) is 5.91 Å². The Labute approximate surface area is 179 Å². The summed E-state index contributed by atoms with van der Waals surface area (Å²) in [6, 6.07) is 6.50. The van der Waals surface area contributed by atoms with Crippen molar-refractivity contribution in [2.24, 2.45) is 10.9 Å². The molecular formula is C22H36FN5O2. The Hall–Kier alpha value is -2.35. The van der Waals surface area contributed by atoms with Crippen LogP contribution in [0.2, 0.25) is 0 Å². The number of nitrogens with one attached hydrogen (secondary N) is 2. The fourth-order valence-electron chi connectivity index (χ4n) is 3.20. The van der Waals surface area contributed by atoms with Gasteiger partial charge in [-0.2, -0.15) is 0 Å². The lowest BCUT2D eigenvalue weighted by Crippen LogP contribution is -2.49. The third-order valence-electron chi connectivity index (χ3n) is 5.06. The third-order valence-corrected chi connectivity index (χ3v) is 5.06. The van der Waals surface area contributed by atoms with Crippen molar-refractivity contribution in [1.82, 2.24) is 15.5 Å². The number of ether oxygens (including phenoxy) is 1. The van der Waals surface area contributed by atoms with Gasteiger partial charge in [0.15, 0.2) is 5.96 Å². The number of rotatable bonds is 10. The molecule has 1 saturated heterocycles. The fraction of sp³-hybridized carbons (Fsp3) is 0.636. The number of hydrogen-bond acceptors (Lipinski definition) is 4. The van der Waals surface area contributed by atoms with Crippen molar-refractivity contribution in [3.63, 3.8) is 0 Å². The number of amides is 1. The van der Waals surface area contributed by atoms with Crippen LogP contribution in [0.1, 0.15) is 26.7 Å². The van der Waals surface area contributed by atoms with Gasteiger partial charge in [0.25, 0.3) is 0 Å². The molecule has 0 unspecified atom stereocenters. The lowest BCUT2D eigenvalue weighted by molar-refractivity contribution is -0.131. The van der Waals surface area contributed by atoms with Crippen molar-refractivity contribution >= 4 is 17.6 Å². The lowest BCUT2D eigenvalue weighted by atomic mass is 10.1. The minimum atomic E-state index is -0.233. The summed E-state index contributed by atoms with van der Waals surface area (Å²) < 4.78 is 18.6. The molecule has 0 spiro atoms. The molecule has 0 aromatic heterocycles. The smallest absolute Gasteiger partial charge is 0.224 e. The van der Waals surface area contributed by atoms with Crippen LogP contribution in [0.15, 0.2) is 29.3 Å². The van der Waals surface area contributed by atoms with E-state index < -0.39 is 0 Å². The Bertz CT molecular complexity index is 658. The molecule has 2 rings (SSSR count). The number of carbonyl (C=O) groups excluding carboxylic acids is 1. The van der Waals surface area contributed by atoms with Crippen molar-refractivity contribution in [2.75, 3.05) is 64.4 Å². The van der Waals surface area contributed by atoms with Crippen LogP contribution in [0.4, 0.5) is 10.1 Å². The van der Waals surface area contributed by atoms with Gasteiger partial charge in [0.05, 0.1) is 6.61 Å². The molecule has 2 N–H and O–H groups in total. The Morgan fingerprint density at radius 1 is 1.10 bits per heavy atom. The topological polar surface area (TPSA) is 69.2 Å². The van der Waals surface area contributed by atoms with E-state index in [1.54, 1.807) is 19.2 Å². The lowest BCUT2D eigenvalue weighted by Gasteiger charge is -2.36. The largest absolute Gasteiger partial charge is 0.380 e. The Morgan fingerprint density at radius 2 is 1.77 bits per heavy atom. The van der Waals surface area contributed by atoms with Crippen LogP contribution >= 0.6 is 0 Å². The third kappa shape index (κ3) is 8.57. The molecule has 8 heteroatoms. The van der Waals surface area contributed by atoms with Gasteiger partial charge < -0.3 is 25.2 Å². The highest BCUT2D eigenvalue weighted by atomic mass is 19.1. The minimum absolute atomic E-state index is 0.133. The SMILES string of the molecule is CN=C(NCCOCCC(C)C)NCCC(=O)N1CCN(c2ccc(F)cc2)CC1. The minimum Gasteiger partial charge on any atom is -0.380 e. The van der Waals surface area contributed by atoms with Gasteiger partial charge >= 0.3 is 0 Å². The molecule has 1 fully saturated rings. The Kier molecular flexibility index (Phi) is 10.4. The summed E-state index contributed by atoms with van der Waals surface area (Å²) >= 11 is 0. The van der Waals surface area contributed by atoms with Crippen molar-refractivity contribution in [3.05, 3.63) is 30.1 Å². The molecule has 0 aliphatic carbocycles. The molecule has 1 amide bonds. The average molecular weight is 422 g/mol. The molecule has 1 aromatic carbocycles. The van der Waals surface area contributed by atoms with Crippen molar-refractivity contribution in [1.29, 1.82) is 0 Å². The van der Waals surface area contributed by atoms with E-state index in [-0.39, 0.29) is 11.7 Å². The summed E-state index contributed by atoms with van der Waals surface area (Å²) in [6.07, 6.45) is 1.48. The number of piperazine rings is 1. The molecule has 0 radical (unpaired) electrons. The van der Waals surface area contributed by atoms with Crippen molar-refractivity contribution in [3.8, 4) is 0 Å². The quantitative estimate of drug-likeness (QED) is 0.344. The van der Waals surface area contributed by atoms with Crippen LogP contribution in [0, 0.1) is 11.7 Å². The van der Waals surface area contributed by atoms with Gasteiger partial charge in [-0.25, -0.2) is 4.39 Å². The number of guanidine groups is 1. The van der Waals surface area contributed by atoms with Crippen LogP contribution in [0.5, 0.6) is 0 Å². The Balaban J connectivity index is 1.59. The van der Waals surface area contributed by atoms with Gasteiger partial charge in [-0.1, -0.05) is 13.8 Å². The van der Waals surface area contributed by atoms with Crippen LogP contribution < -0.4 is 15.5 Å². The highest BCUT2D eigenvalue weighted by Crippen LogP contribution is 2.17. The molecule has 168 valence electrons. The highest BCUT2D eigenvalue weighted by molar-refractivity contribution is 5.81. The summed E-state index contributed by atoms with van der Waals surface area (Å²) in [4.78, 5) is 20.7. The molecule has 1 aromatic rings. The highest BCUT2D eigenvalue weighted by Gasteiger charge is 2.21. The van der Waals surface area contributed by atoms with E-state index in [9.17, 15) is 9.18 Å². The first-order valence-corrected chi connectivity index (χ1v) is 10.8. The van der Waals surface area contributed by atoms with Crippen LogP contribution in [-0.4, -0.2) is 76.3 Å². The Morgan fingerprint density at radius 3 is 2.40 bits per heavy atom. The van der Waals surface area contributed by atoms with Crippen LogP contribution in [-0.2, 0) is 9.53 Å². The average Bonchev–Trinajstić information content (AvgIpc) is 2.75. The molecule has 7 nitrogen and oxygen atoms in total. The molecular weight excluding hydrogens is 385 g/mol. The van der Waals surface area contributed by atoms with Gasteiger partial charge in [0, 0.05) is 65.0 Å². The van der Waals surface area contributed by atoms with E-state index in [2.05, 4.69) is 34.4 Å². The van der Waals surface area contributed by atoms with E-state index >= 15 is 0 Å². The number of anilines is 1. The molecule has 0 bridgehead atoms. The number of carbonyl (C=O) groups is 1. The van der Waals surface area contributed by atoms with Crippen LogP contribution in [0.25, 0.3) is 0 Å². The van der Waals surface area contributed by atoms with Gasteiger partial charge in [-0.05, 0) is 36.6 Å².